The molecule has 0 radical (unpaired) electrons. The van der Waals surface area contributed by atoms with Gasteiger partial charge in [-0.15, -0.1) is 0 Å². The minimum atomic E-state index is -0.347. The number of benzene rings is 1. The number of nitrogens with one attached hydrogen (secondary N) is 1. The summed E-state index contributed by atoms with van der Waals surface area (Å²) in [7, 11) is 0. The van der Waals surface area contributed by atoms with Crippen LogP contribution in [0.5, 0.6) is 0 Å². The van der Waals surface area contributed by atoms with Crippen LogP contribution in [0.4, 0.5) is 11.4 Å². The molecule has 2 rings (SSSR count). The highest BCUT2D eigenvalue weighted by Gasteiger charge is 2.10. The summed E-state index contributed by atoms with van der Waals surface area (Å²) in [5, 5.41) is 14.1. The second kappa shape index (κ2) is 6.77. The number of hydrogen-bond donors (Lipinski definition) is 1. The predicted molar refractivity (Wildman–Crippen MR) is 80.1 cm³/mol. The summed E-state index contributed by atoms with van der Waals surface area (Å²) in [6.45, 7) is 5.97. The van der Waals surface area contributed by atoms with E-state index in [-0.39, 0.29) is 10.6 Å². The zero-order chi connectivity index (χ0) is 13.7. The van der Waals surface area contributed by atoms with Gasteiger partial charge in [0, 0.05) is 55.5 Å². The number of nitro benzene ring substituents is 1. The van der Waals surface area contributed by atoms with Crippen molar-refractivity contribution in [2.45, 2.75) is 6.92 Å². The number of aryl methyl sites for hydroxylation is 1. The Bertz CT molecular complexity index is 448. The van der Waals surface area contributed by atoms with Gasteiger partial charge in [0.1, 0.15) is 0 Å². The normalized spacial score (nSPS) is 16.3. The zero-order valence-electron chi connectivity index (χ0n) is 11.1. The van der Waals surface area contributed by atoms with Crippen molar-refractivity contribution < 1.29 is 4.92 Å². The number of anilines is 1. The molecule has 1 N–H and O–H groups in total. The fourth-order valence-electron chi connectivity index (χ4n) is 2.15. The lowest BCUT2D eigenvalue weighted by atomic mass is 10.2. The molecule has 0 atom stereocenters. The van der Waals surface area contributed by atoms with Gasteiger partial charge >= 0.3 is 0 Å². The van der Waals surface area contributed by atoms with Crippen molar-refractivity contribution in [3.63, 3.8) is 0 Å². The third kappa shape index (κ3) is 4.40. The highest BCUT2D eigenvalue weighted by molar-refractivity contribution is 7.99. The Labute approximate surface area is 117 Å². The van der Waals surface area contributed by atoms with Crippen LogP contribution in [-0.4, -0.2) is 47.5 Å². The van der Waals surface area contributed by atoms with E-state index in [2.05, 4.69) is 10.2 Å². The Morgan fingerprint density at radius 2 is 2.11 bits per heavy atom. The fraction of sp³-hybridized carbons (Fsp3) is 0.538. The van der Waals surface area contributed by atoms with Crippen LogP contribution in [0.25, 0.3) is 0 Å². The smallest absolute Gasteiger partial charge is 0.271 e. The molecule has 0 aliphatic carbocycles. The number of non-ortho nitro benzene ring substituents is 1. The Hall–Kier alpha value is -1.27. The van der Waals surface area contributed by atoms with Crippen LogP contribution in [0.2, 0.25) is 0 Å². The molecule has 1 aromatic rings. The van der Waals surface area contributed by atoms with Gasteiger partial charge in [-0.05, 0) is 18.6 Å². The molecule has 0 aromatic heterocycles. The van der Waals surface area contributed by atoms with Crippen LogP contribution in [-0.2, 0) is 0 Å². The topological polar surface area (TPSA) is 58.4 Å². The maximum atomic E-state index is 10.8. The highest BCUT2D eigenvalue weighted by Crippen LogP contribution is 2.20. The van der Waals surface area contributed by atoms with Crippen molar-refractivity contribution in [1.29, 1.82) is 0 Å². The lowest BCUT2D eigenvalue weighted by Gasteiger charge is -2.26. The lowest BCUT2D eigenvalue weighted by molar-refractivity contribution is -0.384. The number of rotatable bonds is 5. The molecular formula is C13H19N3O2S. The molecule has 1 fully saturated rings. The molecule has 0 amide bonds. The molecule has 1 aliphatic heterocycles. The van der Waals surface area contributed by atoms with Crippen LogP contribution < -0.4 is 5.32 Å². The van der Waals surface area contributed by atoms with Gasteiger partial charge in [-0.2, -0.15) is 11.8 Å². The molecule has 0 unspecified atom stereocenters. The van der Waals surface area contributed by atoms with E-state index in [1.807, 2.05) is 24.8 Å². The Balaban J connectivity index is 1.86. The molecule has 5 nitrogen and oxygen atoms in total. The molecule has 1 aromatic carbocycles. The molecular weight excluding hydrogens is 262 g/mol. The van der Waals surface area contributed by atoms with Crippen LogP contribution in [0.1, 0.15) is 5.56 Å². The van der Waals surface area contributed by atoms with Crippen molar-refractivity contribution in [1.82, 2.24) is 4.90 Å². The minimum absolute atomic E-state index is 0.150. The molecule has 0 spiro atoms. The maximum Gasteiger partial charge on any atom is 0.271 e. The van der Waals surface area contributed by atoms with E-state index in [9.17, 15) is 10.1 Å². The highest BCUT2D eigenvalue weighted by atomic mass is 32.2. The largest absolute Gasteiger partial charge is 0.384 e. The predicted octanol–water partition coefficient (Wildman–Crippen LogP) is 2.36. The third-order valence-corrected chi connectivity index (χ3v) is 4.08. The summed E-state index contributed by atoms with van der Waals surface area (Å²) >= 11 is 2.00. The van der Waals surface area contributed by atoms with E-state index in [0.717, 1.165) is 37.4 Å². The van der Waals surface area contributed by atoms with Crippen molar-refractivity contribution in [2.24, 2.45) is 0 Å². The van der Waals surface area contributed by atoms with Gasteiger partial charge in [0.05, 0.1) is 4.92 Å². The summed E-state index contributed by atoms with van der Waals surface area (Å²) < 4.78 is 0. The van der Waals surface area contributed by atoms with E-state index in [4.69, 9.17) is 0 Å². The first-order chi connectivity index (χ1) is 9.15. The number of thioether (sulfide) groups is 1. The Kier molecular flexibility index (Phi) is 5.04. The zero-order valence-corrected chi connectivity index (χ0v) is 11.9. The van der Waals surface area contributed by atoms with Crippen LogP contribution >= 0.6 is 11.8 Å². The number of nitrogens with zero attached hydrogens (tertiary/aromatic N) is 2. The van der Waals surface area contributed by atoms with Gasteiger partial charge in [-0.3, -0.25) is 15.0 Å². The maximum absolute atomic E-state index is 10.8. The van der Waals surface area contributed by atoms with Crippen molar-refractivity contribution in [3.05, 3.63) is 33.9 Å². The Morgan fingerprint density at radius 3 is 2.79 bits per heavy atom. The molecule has 19 heavy (non-hydrogen) atoms. The second-order valence-corrected chi connectivity index (χ2v) is 5.92. The number of nitro groups is 1. The van der Waals surface area contributed by atoms with Gasteiger partial charge in [-0.1, -0.05) is 0 Å². The van der Waals surface area contributed by atoms with Gasteiger partial charge < -0.3 is 5.32 Å². The van der Waals surface area contributed by atoms with Crippen molar-refractivity contribution in [2.75, 3.05) is 43.0 Å². The molecule has 104 valence electrons. The quantitative estimate of drug-likeness (QED) is 0.663. The van der Waals surface area contributed by atoms with Gasteiger partial charge in [-0.25, -0.2) is 0 Å². The fourth-order valence-corrected chi connectivity index (χ4v) is 3.13. The van der Waals surface area contributed by atoms with Crippen molar-refractivity contribution in [3.8, 4) is 0 Å². The van der Waals surface area contributed by atoms with Crippen LogP contribution in [0.15, 0.2) is 18.2 Å². The molecule has 1 heterocycles. The Morgan fingerprint density at radius 1 is 1.37 bits per heavy atom. The SMILES string of the molecule is Cc1cc(NCCN2CCSCC2)cc([N+](=O)[O-])c1. The average molecular weight is 281 g/mol. The van der Waals surface area contributed by atoms with E-state index in [1.54, 1.807) is 12.1 Å². The summed E-state index contributed by atoms with van der Waals surface area (Å²) in [6.07, 6.45) is 0. The van der Waals surface area contributed by atoms with E-state index < -0.39 is 0 Å². The standard InChI is InChI=1S/C13H19N3O2S/c1-11-8-12(10-13(9-11)16(17)18)14-2-3-15-4-6-19-7-5-15/h8-10,14H,2-7H2,1H3. The summed E-state index contributed by atoms with van der Waals surface area (Å²) in [6, 6.07) is 5.13. The van der Waals surface area contributed by atoms with Gasteiger partial charge in [0.15, 0.2) is 0 Å². The minimum Gasteiger partial charge on any atom is -0.384 e. The van der Waals surface area contributed by atoms with E-state index in [1.165, 1.54) is 11.5 Å². The second-order valence-electron chi connectivity index (χ2n) is 4.70. The summed E-state index contributed by atoms with van der Waals surface area (Å²) in [4.78, 5) is 12.9. The lowest BCUT2D eigenvalue weighted by Crippen LogP contribution is -2.36. The van der Waals surface area contributed by atoms with E-state index >= 15 is 0 Å². The van der Waals surface area contributed by atoms with Crippen LogP contribution in [0, 0.1) is 17.0 Å². The summed E-state index contributed by atoms with van der Waals surface area (Å²) in [5.41, 5.74) is 1.89. The molecule has 0 bridgehead atoms. The molecule has 0 saturated carbocycles. The first kappa shape index (κ1) is 14.1. The first-order valence-electron chi connectivity index (χ1n) is 6.45. The molecule has 1 aliphatic rings. The van der Waals surface area contributed by atoms with Crippen LogP contribution in [0.3, 0.4) is 0 Å². The molecule has 1 saturated heterocycles. The third-order valence-electron chi connectivity index (χ3n) is 3.13. The van der Waals surface area contributed by atoms with Crippen molar-refractivity contribution >= 4 is 23.1 Å². The monoisotopic (exact) mass is 281 g/mol. The molecule has 6 heteroatoms. The average Bonchev–Trinajstić information content (AvgIpc) is 2.39. The van der Waals surface area contributed by atoms with Gasteiger partial charge in [0.25, 0.3) is 5.69 Å². The first-order valence-corrected chi connectivity index (χ1v) is 7.61. The summed E-state index contributed by atoms with van der Waals surface area (Å²) in [5.74, 6) is 2.41. The number of hydrogen-bond acceptors (Lipinski definition) is 5. The van der Waals surface area contributed by atoms with E-state index in [0.29, 0.717) is 0 Å². The van der Waals surface area contributed by atoms with Gasteiger partial charge in [0.2, 0.25) is 0 Å².